The first-order valence-electron chi connectivity index (χ1n) is 7.78. The number of rotatable bonds is 7. The van der Waals surface area contributed by atoms with Gasteiger partial charge in [-0.3, -0.25) is 9.69 Å². The lowest BCUT2D eigenvalue weighted by atomic mass is 10.0. The Morgan fingerprint density at radius 1 is 1.13 bits per heavy atom. The Kier molecular flexibility index (Phi) is 5.96. The number of nitrogens with one attached hydrogen (secondary N) is 1. The number of hydrogen-bond donors (Lipinski definition) is 2. The van der Waals surface area contributed by atoms with E-state index in [1.54, 1.807) is 19.0 Å². The summed E-state index contributed by atoms with van der Waals surface area (Å²) in [4.78, 5) is 18.9. The van der Waals surface area contributed by atoms with E-state index in [9.17, 15) is 9.90 Å². The SMILES string of the molecule is CN(C)C(=O)c1ccc(CN(C)C(CCO)c2ccccc2)[nH]1. The molecule has 1 aromatic heterocycles. The molecular formula is C18H25N3O2. The van der Waals surface area contributed by atoms with Gasteiger partial charge < -0.3 is 15.0 Å². The van der Waals surface area contributed by atoms with E-state index in [1.165, 1.54) is 5.56 Å². The molecule has 1 atom stereocenters. The molecule has 2 aromatic rings. The fraction of sp³-hybridized carbons (Fsp3) is 0.389. The van der Waals surface area contributed by atoms with Crippen molar-refractivity contribution in [1.82, 2.24) is 14.8 Å². The van der Waals surface area contributed by atoms with Crippen molar-refractivity contribution in [2.75, 3.05) is 27.7 Å². The third kappa shape index (κ3) is 4.43. The maximum absolute atomic E-state index is 11.9. The van der Waals surface area contributed by atoms with Crippen molar-refractivity contribution in [2.24, 2.45) is 0 Å². The number of aromatic nitrogens is 1. The number of hydrogen-bond acceptors (Lipinski definition) is 3. The molecule has 23 heavy (non-hydrogen) atoms. The van der Waals surface area contributed by atoms with Crippen LogP contribution in [0.2, 0.25) is 0 Å². The number of aliphatic hydroxyl groups excluding tert-OH is 1. The van der Waals surface area contributed by atoms with E-state index in [2.05, 4.69) is 22.0 Å². The fourth-order valence-corrected chi connectivity index (χ4v) is 2.72. The van der Waals surface area contributed by atoms with Gasteiger partial charge in [-0.15, -0.1) is 0 Å². The van der Waals surface area contributed by atoms with E-state index < -0.39 is 0 Å². The third-order valence-electron chi connectivity index (χ3n) is 3.92. The van der Waals surface area contributed by atoms with Crippen molar-refractivity contribution >= 4 is 5.91 Å². The van der Waals surface area contributed by atoms with Gasteiger partial charge in [0, 0.05) is 39.0 Å². The molecule has 1 heterocycles. The quantitative estimate of drug-likeness (QED) is 0.824. The molecule has 2 rings (SSSR count). The van der Waals surface area contributed by atoms with E-state index >= 15 is 0 Å². The first kappa shape index (κ1) is 17.2. The maximum Gasteiger partial charge on any atom is 0.269 e. The number of amides is 1. The number of nitrogens with zero attached hydrogens (tertiary/aromatic N) is 2. The largest absolute Gasteiger partial charge is 0.396 e. The van der Waals surface area contributed by atoms with Crippen LogP contribution in [-0.2, 0) is 6.54 Å². The summed E-state index contributed by atoms with van der Waals surface area (Å²) in [5, 5.41) is 9.37. The van der Waals surface area contributed by atoms with Crippen LogP contribution in [0.4, 0.5) is 0 Å². The average Bonchev–Trinajstić information content (AvgIpc) is 3.00. The van der Waals surface area contributed by atoms with E-state index in [0.717, 1.165) is 5.69 Å². The molecule has 1 amide bonds. The highest BCUT2D eigenvalue weighted by Gasteiger charge is 2.18. The van der Waals surface area contributed by atoms with Gasteiger partial charge >= 0.3 is 0 Å². The van der Waals surface area contributed by atoms with Gasteiger partial charge in [-0.25, -0.2) is 0 Å². The zero-order chi connectivity index (χ0) is 16.8. The lowest BCUT2D eigenvalue weighted by molar-refractivity contribution is 0.0822. The van der Waals surface area contributed by atoms with Gasteiger partial charge in [0.1, 0.15) is 5.69 Å². The zero-order valence-corrected chi connectivity index (χ0v) is 14.0. The highest BCUT2D eigenvalue weighted by Crippen LogP contribution is 2.24. The van der Waals surface area contributed by atoms with Crippen molar-refractivity contribution < 1.29 is 9.90 Å². The smallest absolute Gasteiger partial charge is 0.269 e. The number of aromatic amines is 1. The summed E-state index contributed by atoms with van der Waals surface area (Å²) in [5.74, 6) is -0.0335. The van der Waals surface area contributed by atoms with Crippen molar-refractivity contribution in [2.45, 2.75) is 19.0 Å². The van der Waals surface area contributed by atoms with Gasteiger partial charge in [0.05, 0.1) is 0 Å². The van der Waals surface area contributed by atoms with E-state index in [0.29, 0.717) is 18.7 Å². The highest BCUT2D eigenvalue weighted by molar-refractivity contribution is 5.92. The summed E-state index contributed by atoms with van der Waals surface area (Å²) in [6, 6.07) is 14.1. The number of carbonyl (C=O) groups is 1. The molecular weight excluding hydrogens is 290 g/mol. The molecule has 1 unspecified atom stereocenters. The van der Waals surface area contributed by atoms with Gasteiger partial charge in [-0.05, 0) is 31.2 Å². The Morgan fingerprint density at radius 2 is 1.83 bits per heavy atom. The zero-order valence-electron chi connectivity index (χ0n) is 14.0. The van der Waals surface area contributed by atoms with Crippen molar-refractivity contribution in [1.29, 1.82) is 0 Å². The van der Waals surface area contributed by atoms with Gasteiger partial charge in [-0.2, -0.15) is 0 Å². The molecule has 0 bridgehead atoms. The van der Waals surface area contributed by atoms with Gasteiger partial charge in [-0.1, -0.05) is 30.3 Å². The summed E-state index contributed by atoms with van der Waals surface area (Å²) < 4.78 is 0. The second kappa shape index (κ2) is 7.94. The highest BCUT2D eigenvalue weighted by atomic mass is 16.3. The molecule has 0 radical (unpaired) electrons. The van der Waals surface area contributed by atoms with E-state index in [1.807, 2.05) is 37.4 Å². The second-order valence-corrected chi connectivity index (χ2v) is 5.95. The Hall–Kier alpha value is -2.11. The van der Waals surface area contributed by atoms with Gasteiger partial charge in [0.15, 0.2) is 0 Å². The standard InChI is InChI=1S/C18H25N3O2/c1-20(2)18(23)16-10-9-15(19-16)13-21(3)17(11-12-22)14-7-5-4-6-8-14/h4-10,17,19,22H,11-13H2,1-3H3. The number of H-pyrrole nitrogens is 1. The Morgan fingerprint density at radius 3 is 2.43 bits per heavy atom. The number of aliphatic hydroxyl groups is 1. The molecule has 2 N–H and O–H groups in total. The molecule has 5 nitrogen and oxygen atoms in total. The molecule has 0 saturated carbocycles. The summed E-state index contributed by atoms with van der Waals surface area (Å²) in [6.45, 7) is 0.819. The summed E-state index contributed by atoms with van der Waals surface area (Å²) in [5.41, 5.74) is 2.76. The Labute approximate surface area is 137 Å². The summed E-state index contributed by atoms with van der Waals surface area (Å²) in [7, 11) is 5.50. The average molecular weight is 315 g/mol. The van der Waals surface area contributed by atoms with Crippen LogP contribution in [0, 0.1) is 0 Å². The van der Waals surface area contributed by atoms with Crippen LogP contribution in [-0.4, -0.2) is 53.5 Å². The summed E-state index contributed by atoms with van der Waals surface area (Å²) >= 11 is 0. The lowest BCUT2D eigenvalue weighted by Crippen LogP contribution is -2.25. The van der Waals surface area contributed by atoms with Crippen molar-refractivity contribution in [3.63, 3.8) is 0 Å². The minimum absolute atomic E-state index is 0.0335. The van der Waals surface area contributed by atoms with Crippen molar-refractivity contribution in [3.05, 3.63) is 59.4 Å². The summed E-state index contributed by atoms with van der Waals surface area (Å²) in [6.07, 6.45) is 0.671. The predicted octanol–water partition coefficient (Wildman–Crippen LogP) is 2.27. The minimum atomic E-state index is -0.0335. The first-order valence-corrected chi connectivity index (χ1v) is 7.78. The van der Waals surface area contributed by atoms with Gasteiger partial charge in [0.25, 0.3) is 5.91 Å². The minimum Gasteiger partial charge on any atom is -0.396 e. The molecule has 0 aliphatic carbocycles. The molecule has 124 valence electrons. The topological polar surface area (TPSA) is 59.6 Å². The molecule has 5 heteroatoms. The van der Waals surface area contributed by atoms with Crippen molar-refractivity contribution in [3.8, 4) is 0 Å². The first-order chi connectivity index (χ1) is 11.0. The fourth-order valence-electron chi connectivity index (χ4n) is 2.72. The van der Waals surface area contributed by atoms with E-state index in [4.69, 9.17) is 0 Å². The second-order valence-electron chi connectivity index (χ2n) is 5.95. The monoisotopic (exact) mass is 315 g/mol. The van der Waals surface area contributed by atoms with Crippen LogP contribution >= 0.6 is 0 Å². The number of benzene rings is 1. The van der Waals surface area contributed by atoms with Crippen LogP contribution in [0.5, 0.6) is 0 Å². The third-order valence-corrected chi connectivity index (χ3v) is 3.92. The molecule has 0 fully saturated rings. The molecule has 0 saturated heterocycles. The Balaban J connectivity index is 2.10. The van der Waals surface area contributed by atoms with Crippen LogP contribution in [0.3, 0.4) is 0 Å². The van der Waals surface area contributed by atoms with Crippen LogP contribution in [0.1, 0.15) is 34.2 Å². The normalized spacial score (nSPS) is 12.4. The van der Waals surface area contributed by atoms with E-state index in [-0.39, 0.29) is 18.6 Å². The van der Waals surface area contributed by atoms with Crippen LogP contribution in [0.15, 0.2) is 42.5 Å². The van der Waals surface area contributed by atoms with Crippen LogP contribution < -0.4 is 0 Å². The molecule has 0 aliphatic heterocycles. The predicted molar refractivity (Wildman–Crippen MR) is 91.2 cm³/mol. The Bertz CT molecular complexity index is 622. The lowest BCUT2D eigenvalue weighted by Gasteiger charge is -2.27. The molecule has 1 aromatic carbocycles. The van der Waals surface area contributed by atoms with Crippen LogP contribution in [0.25, 0.3) is 0 Å². The molecule has 0 spiro atoms. The van der Waals surface area contributed by atoms with Gasteiger partial charge in [0.2, 0.25) is 0 Å². The number of carbonyl (C=O) groups excluding carboxylic acids is 1. The molecule has 0 aliphatic rings. The maximum atomic E-state index is 11.9.